The Kier molecular flexibility index (Phi) is 1.80. The number of rotatable bonds is 1. The van der Waals surface area contributed by atoms with Crippen LogP contribution in [-0.2, 0) is 5.41 Å². The summed E-state index contributed by atoms with van der Waals surface area (Å²) >= 11 is 0. The van der Waals surface area contributed by atoms with Crippen LogP contribution in [0.25, 0.3) is 16.8 Å². The Morgan fingerprint density at radius 3 is 3.11 bits per heavy atom. The van der Waals surface area contributed by atoms with Gasteiger partial charge in [-0.3, -0.25) is 4.40 Å². The minimum absolute atomic E-state index is 0.0226. The van der Waals surface area contributed by atoms with Crippen molar-refractivity contribution in [2.45, 2.75) is 18.8 Å². The van der Waals surface area contributed by atoms with E-state index in [0.29, 0.717) is 5.65 Å². The first kappa shape index (κ1) is 9.95. The van der Waals surface area contributed by atoms with Crippen molar-refractivity contribution < 1.29 is 0 Å². The lowest BCUT2D eigenvalue weighted by atomic mass is 9.89. The van der Waals surface area contributed by atoms with Gasteiger partial charge in [0.1, 0.15) is 17.7 Å². The second kappa shape index (κ2) is 3.26. The third-order valence-corrected chi connectivity index (χ3v) is 3.74. The molecule has 0 aromatic carbocycles. The van der Waals surface area contributed by atoms with E-state index in [1.807, 2.05) is 4.40 Å². The molecule has 7 heteroatoms. The topological polar surface area (TPSA) is 83.8 Å². The van der Waals surface area contributed by atoms with Crippen LogP contribution in [0, 0.1) is 0 Å². The zero-order chi connectivity index (χ0) is 12.2. The number of nitrogens with one attached hydrogen (secondary N) is 2. The van der Waals surface area contributed by atoms with Crippen molar-refractivity contribution in [1.82, 2.24) is 34.9 Å². The van der Waals surface area contributed by atoms with Crippen LogP contribution in [-0.4, -0.2) is 42.6 Å². The number of fused-ring (bicyclic) bond motifs is 3. The molecule has 4 rings (SSSR count). The Hall–Kier alpha value is -2.02. The van der Waals surface area contributed by atoms with E-state index in [0.717, 1.165) is 36.5 Å². The molecule has 0 aliphatic carbocycles. The lowest BCUT2D eigenvalue weighted by Crippen LogP contribution is -2.27. The molecular weight excluding hydrogens is 230 g/mol. The number of aromatic nitrogens is 6. The van der Waals surface area contributed by atoms with E-state index in [9.17, 15) is 0 Å². The van der Waals surface area contributed by atoms with Crippen molar-refractivity contribution in [3.63, 3.8) is 0 Å². The minimum atomic E-state index is 0.0226. The van der Waals surface area contributed by atoms with Crippen LogP contribution in [0.2, 0.25) is 0 Å². The molecule has 7 nitrogen and oxygen atoms in total. The van der Waals surface area contributed by atoms with E-state index < -0.39 is 0 Å². The van der Waals surface area contributed by atoms with Crippen LogP contribution in [0.4, 0.5) is 0 Å². The van der Waals surface area contributed by atoms with Gasteiger partial charge in [0.05, 0.1) is 6.33 Å². The fourth-order valence-electron chi connectivity index (χ4n) is 2.65. The molecule has 3 aromatic heterocycles. The highest BCUT2D eigenvalue weighted by atomic mass is 15.3. The molecule has 0 radical (unpaired) electrons. The smallest absolute Gasteiger partial charge is 0.189 e. The molecule has 1 fully saturated rings. The molecule has 18 heavy (non-hydrogen) atoms. The highest BCUT2D eigenvalue weighted by Gasteiger charge is 2.35. The number of aromatic amines is 1. The van der Waals surface area contributed by atoms with Gasteiger partial charge >= 0.3 is 0 Å². The first-order valence-electron chi connectivity index (χ1n) is 6.02. The summed E-state index contributed by atoms with van der Waals surface area (Å²) in [5, 5.41) is 12.0. The van der Waals surface area contributed by atoms with Crippen LogP contribution in [0.15, 0.2) is 12.7 Å². The lowest BCUT2D eigenvalue weighted by molar-refractivity contribution is 0.483. The average Bonchev–Trinajstić information content (AvgIpc) is 3.05. The average molecular weight is 243 g/mol. The van der Waals surface area contributed by atoms with Gasteiger partial charge in [0.2, 0.25) is 0 Å². The number of H-pyrrole nitrogens is 1. The Balaban J connectivity index is 2.02. The Morgan fingerprint density at radius 2 is 2.28 bits per heavy atom. The SMILES string of the molecule is CC1(c2nnc3c4[nH]cnc4ncn23)CCNC1. The summed E-state index contributed by atoms with van der Waals surface area (Å²) in [7, 11) is 0. The van der Waals surface area contributed by atoms with Crippen molar-refractivity contribution in [2.24, 2.45) is 0 Å². The molecule has 0 bridgehead atoms. The third kappa shape index (κ3) is 1.16. The molecule has 0 saturated carbocycles. The molecule has 1 aliphatic rings. The number of hydrogen-bond acceptors (Lipinski definition) is 5. The third-order valence-electron chi connectivity index (χ3n) is 3.74. The van der Waals surface area contributed by atoms with E-state index in [4.69, 9.17) is 0 Å². The van der Waals surface area contributed by atoms with E-state index in [1.165, 1.54) is 0 Å². The van der Waals surface area contributed by atoms with Crippen molar-refractivity contribution >= 4 is 16.8 Å². The van der Waals surface area contributed by atoms with E-state index in [-0.39, 0.29) is 5.41 Å². The van der Waals surface area contributed by atoms with E-state index in [1.54, 1.807) is 12.7 Å². The largest absolute Gasteiger partial charge is 0.340 e. The molecule has 4 heterocycles. The van der Waals surface area contributed by atoms with Gasteiger partial charge in [-0.15, -0.1) is 10.2 Å². The summed E-state index contributed by atoms with van der Waals surface area (Å²) in [6, 6.07) is 0. The molecule has 2 N–H and O–H groups in total. The summed E-state index contributed by atoms with van der Waals surface area (Å²) in [5.41, 5.74) is 2.33. The van der Waals surface area contributed by atoms with E-state index in [2.05, 4.69) is 37.4 Å². The first-order chi connectivity index (χ1) is 8.78. The van der Waals surface area contributed by atoms with Crippen LogP contribution in [0.1, 0.15) is 19.2 Å². The highest BCUT2D eigenvalue weighted by Crippen LogP contribution is 2.29. The van der Waals surface area contributed by atoms with Gasteiger partial charge in [0.15, 0.2) is 11.3 Å². The minimum Gasteiger partial charge on any atom is -0.340 e. The maximum atomic E-state index is 4.36. The summed E-state index contributed by atoms with van der Waals surface area (Å²) in [6.07, 6.45) is 4.46. The standard InChI is InChI=1S/C11H13N7/c1-11(2-3-12-4-11)10-17-16-9-7-8(14-5-13-7)15-6-18(9)10/h5-6,12H,2-4H2,1H3,(H,13,14). The lowest BCUT2D eigenvalue weighted by Gasteiger charge is -2.19. The van der Waals surface area contributed by atoms with Gasteiger partial charge in [-0.25, -0.2) is 9.97 Å². The Bertz CT molecular complexity index is 719. The summed E-state index contributed by atoms with van der Waals surface area (Å²) < 4.78 is 1.97. The monoisotopic (exact) mass is 243 g/mol. The predicted octanol–water partition coefficient (Wildman–Crippen LogP) is 0.252. The molecule has 3 aromatic rings. The number of imidazole rings is 1. The van der Waals surface area contributed by atoms with Crippen LogP contribution in [0.5, 0.6) is 0 Å². The second-order valence-electron chi connectivity index (χ2n) is 5.05. The van der Waals surface area contributed by atoms with Crippen LogP contribution < -0.4 is 5.32 Å². The number of nitrogens with zero attached hydrogens (tertiary/aromatic N) is 5. The van der Waals surface area contributed by atoms with Crippen molar-refractivity contribution in [2.75, 3.05) is 13.1 Å². The maximum absolute atomic E-state index is 4.36. The fraction of sp³-hybridized carbons (Fsp3) is 0.455. The van der Waals surface area contributed by atoms with Gasteiger partial charge in [-0.2, -0.15) is 0 Å². The highest BCUT2D eigenvalue weighted by molar-refractivity contribution is 5.84. The summed E-state index contributed by atoms with van der Waals surface area (Å²) in [5.74, 6) is 0.964. The zero-order valence-corrected chi connectivity index (χ0v) is 10.0. The quantitative estimate of drug-likeness (QED) is 0.640. The van der Waals surface area contributed by atoms with Crippen molar-refractivity contribution in [3.8, 4) is 0 Å². The molecule has 1 atom stereocenters. The van der Waals surface area contributed by atoms with Gasteiger partial charge < -0.3 is 10.3 Å². The summed E-state index contributed by atoms with van der Waals surface area (Å²) in [4.78, 5) is 11.5. The van der Waals surface area contributed by atoms with Gasteiger partial charge in [0, 0.05) is 12.0 Å². The second-order valence-corrected chi connectivity index (χ2v) is 5.05. The molecular formula is C11H13N7. The first-order valence-corrected chi connectivity index (χ1v) is 6.02. The van der Waals surface area contributed by atoms with Crippen molar-refractivity contribution in [1.29, 1.82) is 0 Å². The molecule has 0 amide bonds. The molecule has 1 saturated heterocycles. The molecule has 1 aliphatic heterocycles. The van der Waals surface area contributed by atoms with Gasteiger partial charge in [-0.05, 0) is 13.0 Å². The van der Waals surface area contributed by atoms with Gasteiger partial charge in [-0.1, -0.05) is 6.92 Å². The van der Waals surface area contributed by atoms with Crippen molar-refractivity contribution in [3.05, 3.63) is 18.5 Å². The van der Waals surface area contributed by atoms with Crippen LogP contribution in [0.3, 0.4) is 0 Å². The molecule has 92 valence electrons. The molecule has 1 unspecified atom stereocenters. The summed E-state index contributed by atoms with van der Waals surface area (Å²) in [6.45, 7) is 4.15. The predicted molar refractivity (Wildman–Crippen MR) is 65.3 cm³/mol. The Morgan fingerprint density at radius 1 is 1.33 bits per heavy atom. The van der Waals surface area contributed by atoms with Crippen LogP contribution >= 0.6 is 0 Å². The number of hydrogen-bond donors (Lipinski definition) is 2. The normalized spacial score (nSPS) is 24.3. The fourth-order valence-corrected chi connectivity index (χ4v) is 2.65. The molecule has 0 spiro atoms. The van der Waals surface area contributed by atoms with Gasteiger partial charge in [0.25, 0.3) is 0 Å². The Labute approximate surface area is 103 Å². The maximum Gasteiger partial charge on any atom is 0.189 e. The van der Waals surface area contributed by atoms with E-state index >= 15 is 0 Å². The zero-order valence-electron chi connectivity index (χ0n) is 10.0.